The number of benzene rings is 1. The molecule has 0 aliphatic rings. The zero-order chi connectivity index (χ0) is 11.4. The van der Waals surface area contributed by atoms with Gasteiger partial charge in [-0.1, -0.05) is 23.8 Å². The molecule has 0 saturated carbocycles. The van der Waals surface area contributed by atoms with Crippen molar-refractivity contribution in [1.29, 1.82) is 0 Å². The van der Waals surface area contributed by atoms with Gasteiger partial charge in [-0.15, -0.1) is 12.6 Å². The second-order valence-electron chi connectivity index (χ2n) is 3.53. The van der Waals surface area contributed by atoms with Crippen LogP contribution in [0, 0.1) is 5.82 Å². The lowest BCUT2D eigenvalue weighted by Gasteiger charge is -2.03. The molecule has 0 aromatic heterocycles. The second kappa shape index (κ2) is 5.17. The molecular formula is C13H15FS. The fourth-order valence-electron chi connectivity index (χ4n) is 1.27. The average Bonchev–Trinajstić information content (AvgIpc) is 2.21. The van der Waals surface area contributed by atoms with Gasteiger partial charge >= 0.3 is 0 Å². The molecule has 1 aromatic rings. The SMILES string of the molecule is C/C=C(C)\C=C(/C)c1ccc(F)c(S)c1. The maximum Gasteiger partial charge on any atom is 0.136 e. The van der Waals surface area contributed by atoms with Gasteiger partial charge in [-0.3, -0.25) is 0 Å². The number of halogens is 1. The molecule has 0 aliphatic heterocycles. The summed E-state index contributed by atoms with van der Waals surface area (Å²) in [4.78, 5) is 0.387. The third kappa shape index (κ3) is 3.24. The maximum atomic E-state index is 13.0. The highest BCUT2D eigenvalue weighted by atomic mass is 32.1. The van der Waals surface area contributed by atoms with Gasteiger partial charge in [0.05, 0.1) is 0 Å². The van der Waals surface area contributed by atoms with Crippen molar-refractivity contribution in [1.82, 2.24) is 0 Å². The van der Waals surface area contributed by atoms with Gasteiger partial charge in [-0.25, -0.2) is 4.39 Å². The number of hydrogen-bond acceptors (Lipinski definition) is 1. The third-order valence-electron chi connectivity index (χ3n) is 2.30. The smallest absolute Gasteiger partial charge is 0.136 e. The zero-order valence-electron chi connectivity index (χ0n) is 9.21. The standard InChI is InChI=1S/C13H15FS/c1-4-9(2)7-10(3)11-5-6-12(14)13(15)8-11/h4-8,15H,1-3H3/b9-4-,10-7+. The molecule has 0 fully saturated rings. The Kier molecular flexibility index (Phi) is 4.15. The Labute approximate surface area is 95.9 Å². The van der Waals surface area contributed by atoms with Crippen LogP contribution in [0.25, 0.3) is 5.57 Å². The van der Waals surface area contributed by atoms with Crippen LogP contribution in [-0.4, -0.2) is 0 Å². The quantitative estimate of drug-likeness (QED) is 0.553. The van der Waals surface area contributed by atoms with Gasteiger partial charge in [0.2, 0.25) is 0 Å². The molecular weight excluding hydrogens is 207 g/mol. The Hall–Kier alpha value is -1.02. The molecule has 0 amide bonds. The topological polar surface area (TPSA) is 0 Å². The molecule has 0 nitrogen and oxygen atoms in total. The van der Waals surface area contributed by atoms with Crippen LogP contribution in [0.5, 0.6) is 0 Å². The van der Waals surface area contributed by atoms with Crippen molar-refractivity contribution in [2.75, 3.05) is 0 Å². The zero-order valence-corrected chi connectivity index (χ0v) is 10.1. The summed E-state index contributed by atoms with van der Waals surface area (Å²) in [5.41, 5.74) is 3.31. The number of allylic oxidation sites excluding steroid dienone is 4. The summed E-state index contributed by atoms with van der Waals surface area (Å²) in [5.74, 6) is -0.280. The van der Waals surface area contributed by atoms with E-state index in [1.54, 1.807) is 12.1 Å². The van der Waals surface area contributed by atoms with Gasteiger partial charge in [0.15, 0.2) is 0 Å². The fraction of sp³-hybridized carbons (Fsp3) is 0.231. The summed E-state index contributed by atoms with van der Waals surface area (Å²) in [6, 6.07) is 4.96. The normalized spacial score (nSPS) is 13.1. The molecule has 1 aromatic carbocycles. The Balaban J connectivity index is 3.07. The van der Waals surface area contributed by atoms with E-state index < -0.39 is 0 Å². The number of rotatable bonds is 2. The largest absolute Gasteiger partial charge is 0.206 e. The van der Waals surface area contributed by atoms with Crippen molar-refractivity contribution in [2.45, 2.75) is 25.7 Å². The van der Waals surface area contributed by atoms with Crippen molar-refractivity contribution in [3.8, 4) is 0 Å². The Bertz CT molecular complexity index is 417. The summed E-state index contributed by atoms with van der Waals surface area (Å²) in [6.07, 6.45) is 4.11. The monoisotopic (exact) mass is 222 g/mol. The van der Waals surface area contributed by atoms with Crippen LogP contribution in [0.2, 0.25) is 0 Å². The summed E-state index contributed by atoms with van der Waals surface area (Å²) < 4.78 is 13.0. The first-order chi connectivity index (χ1) is 7.04. The van der Waals surface area contributed by atoms with Gasteiger partial charge in [-0.05, 0) is 44.0 Å². The average molecular weight is 222 g/mol. The molecule has 80 valence electrons. The minimum Gasteiger partial charge on any atom is -0.206 e. The molecule has 0 atom stereocenters. The molecule has 0 saturated heterocycles. The van der Waals surface area contributed by atoms with Gasteiger partial charge in [0.1, 0.15) is 5.82 Å². The highest BCUT2D eigenvalue weighted by molar-refractivity contribution is 7.80. The summed E-state index contributed by atoms with van der Waals surface area (Å²) in [7, 11) is 0. The predicted molar refractivity (Wildman–Crippen MR) is 66.7 cm³/mol. The third-order valence-corrected chi connectivity index (χ3v) is 2.64. The number of thiol groups is 1. The molecule has 0 radical (unpaired) electrons. The van der Waals surface area contributed by atoms with Crippen molar-refractivity contribution in [3.05, 3.63) is 47.3 Å². The Morgan fingerprint density at radius 1 is 1.33 bits per heavy atom. The maximum absolute atomic E-state index is 13.0. The van der Waals surface area contributed by atoms with Crippen molar-refractivity contribution in [3.63, 3.8) is 0 Å². The van der Waals surface area contributed by atoms with E-state index in [0.29, 0.717) is 4.90 Å². The predicted octanol–water partition coefficient (Wildman–Crippen LogP) is 4.48. The van der Waals surface area contributed by atoms with Crippen LogP contribution in [0.3, 0.4) is 0 Å². The molecule has 0 unspecified atom stereocenters. The van der Waals surface area contributed by atoms with E-state index in [-0.39, 0.29) is 5.82 Å². The molecule has 0 heterocycles. The molecule has 0 aliphatic carbocycles. The molecule has 1 rings (SSSR count). The number of hydrogen-bond donors (Lipinski definition) is 1. The van der Waals surface area contributed by atoms with Crippen LogP contribution in [-0.2, 0) is 0 Å². The summed E-state index contributed by atoms with van der Waals surface area (Å²) >= 11 is 4.06. The Morgan fingerprint density at radius 3 is 2.53 bits per heavy atom. The minimum absolute atomic E-state index is 0.280. The van der Waals surface area contributed by atoms with Crippen molar-refractivity contribution >= 4 is 18.2 Å². The highest BCUT2D eigenvalue weighted by Crippen LogP contribution is 2.21. The first kappa shape index (κ1) is 12.1. The molecule has 0 bridgehead atoms. The second-order valence-corrected chi connectivity index (χ2v) is 4.01. The first-order valence-corrected chi connectivity index (χ1v) is 5.29. The van der Waals surface area contributed by atoms with Crippen LogP contribution in [0.4, 0.5) is 4.39 Å². The molecule has 2 heteroatoms. The van der Waals surface area contributed by atoms with Crippen LogP contribution < -0.4 is 0 Å². The van der Waals surface area contributed by atoms with E-state index in [0.717, 1.165) is 11.1 Å². The van der Waals surface area contributed by atoms with E-state index in [9.17, 15) is 4.39 Å². The van der Waals surface area contributed by atoms with Gasteiger partial charge in [0.25, 0.3) is 0 Å². The van der Waals surface area contributed by atoms with Crippen LogP contribution in [0.1, 0.15) is 26.3 Å². The van der Waals surface area contributed by atoms with Gasteiger partial charge in [-0.2, -0.15) is 0 Å². The van der Waals surface area contributed by atoms with E-state index in [1.807, 2.05) is 26.8 Å². The van der Waals surface area contributed by atoms with E-state index >= 15 is 0 Å². The van der Waals surface area contributed by atoms with E-state index in [4.69, 9.17) is 0 Å². The van der Waals surface area contributed by atoms with Crippen LogP contribution >= 0.6 is 12.6 Å². The highest BCUT2D eigenvalue weighted by Gasteiger charge is 2.01. The minimum atomic E-state index is -0.280. The van der Waals surface area contributed by atoms with E-state index in [2.05, 4.69) is 18.7 Å². The summed E-state index contributed by atoms with van der Waals surface area (Å²) in [5, 5.41) is 0. The lowest BCUT2D eigenvalue weighted by atomic mass is 10.1. The Morgan fingerprint density at radius 2 is 2.00 bits per heavy atom. The van der Waals surface area contributed by atoms with Crippen molar-refractivity contribution in [2.24, 2.45) is 0 Å². The summed E-state index contributed by atoms with van der Waals surface area (Å²) in [6.45, 7) is 6.04. The lowest BCUT2D eigenvalue weighted by Crippen LogP contribution is -1.84. The lowest BCUT2D eigenvalue weighted by molar-refractivity contribution is 0.602. The van der Waals surface area contributed by atoms with Gasteiger partial charge in [0, 0.05) is 4.90 Å². The molecule has 0 N–H and O–H groups in total. The van der Waals surface area contributed by atoms with Gasteiger partial charge < -0.3 is 0 Å². The van der Waals surface area contributed by atoms with E-state index in [1.165, 1.54) is 11.6 Å². The van der Waals surface area contributed by atoms with Crippen LogP contribution in [0.15, 0.2) is 40.8 Å². The molecule has 15 heavy (non-hydrogen) atoms. The fourth-order valence-corrected chi connectivity index (χ4v) is 1.48. The first-order valence-electron chi connectivity index (χ1n) is 4.84. The van der Waals surface area contributed by atoms with Crippen molar-refractivity contribution < 1.29 is 4.39 Å². The molecule has 0 spiro atoms.